The highest BCUT2D eigenvalue weighted by Crippen LogP contribution is 2.40. The van der Waals surface area contributed by atoms with E-state index in [4.69, 9.17) is 4.74 Å². The Hall–Kier alpha value is -4.46. The molecular formula is C26H22N2O6. The number of esters is 1. The van der Waals surface area contributed by atoms with Crippen LogP contribution in [0.5, 0.6) is 5.75 Å². The summed E-state index contributed by atoms with van der Waals surface area (Å²) in [5.74, 6) is -2.29. The molecule has 1 unspecified atom stereocenters. The maximum absolute atomic E-state index is 13.1. The normalized spacial score (nSPS) is 17.1. The van der Waals surface area contributed by atoms with E-state index in [0.717, 1.165) is 0 Å². The highest BCUT2D eigenvalue weighted by atomic mass is 16.5. The summed E-state index contributed by atoms with van der Waals surface area (Å²) < 4.78 is 4.99. The fraction of sp³-hybridized carbons (Fsp3) is 0.154. The number of nitrogens with zero attached hydrogens (tertiary/aromatic N) is 2. The van der Waals surface area contributed by atoms with Gasteiger partial charge < -0.3 is 19.8 Å². The number of pyridine rings is 1. The summed E-state index contributed by atoms with van der Waals surface area (Å²) in [7, 11) is 0. The third-order valence-corrected chi connectivity index (χ3v) is 5.52. The van der Waals surface area contributed by atoms with Gasteiger partial charge in [-0.1, -0.05) is 24.3 Å². The zero-order valence-corrected chi connectivity index (χ0v) is 18.3. The van der Waals surface area contributed by atoms with E-state index in [2.05, 4.69) is 4.98 Å². The fourth-order valence-electron chi connectivity index (χ4n) is 3.87. The highest BCUT2D eigenvalue weighted by Gasteiger charge is 2.46. The molecule has 1 aliphatic rings. The molecule has 2 N–H and O–H groups in total. The zero-order valence-electron chi connectivity index (χ0n) is 18.3. The van der Waals surface area contributed by atoms with Gasteiger partial charge in [-0.2, -0.15) is 0 Å². The van der Waals surface area contributed by atoms with E-state index in [0.29, 0.717) is 22.3 Å². The zero-order chi connectivity index (χ0) is 24.2. The molecule has 2 heterocycles. The van der Waals surface area contributed by atoms with Crippen molar-refractivity contribution in [2.24, 2.45) is 0 Å². The quantitative estimate of drug-likeness (QED) is 0.251. The van der Waals surface area contributed by atoms with Gasteiger partial charge in [0.25, 0.3) is 11.7 Å². The van der Waals surface area contributed by atoms with Gasteiger partial charge in [-0.15, -0.1) is 0 Å². The van der Waals surface area contributed by atoms with Gasteiger partial charge in [0.05, 0.1) is 23.8 Å². The summed E-state index contributed by atoms with van der Waals surface area (Å²) in [6.45, 7) is 2.04. The largest absolute Gasteiger partial charge is 0.508 e. The molecule has 1 atom stereocenters. The molecule has 1 aromatic heterocycles. The Labute approximate surface area is 195 Å². The number of ether oxygens (including phenoxy) is 1. The van der Waals surface area contributed by atoms with Crippen molar-refractivity contribution < 1.29 is 29.3 Å². The number of Topliss-reactive ketones (excluding diaryl/α,β-unsaturated/α-hetero) is 1. The molecule has 1 fully saturated rings. The van der Waals surface area contributed by atoms with Gasteiger partial charge in [0, 0.05) is 24.5 Å². The summed E-state index contributed by atoms with van der Waals surface area (Å²) in [5, 5.41) is 20.7. The number of rotatable bonds is 6. The van der Waals surface area contributed by atoms with Crippen LogP contribution in [0.2, 0.25) is 0 Å². The first-order valence-electron chi connectivity index (χ1n) is 10.6. The SMILES string of the molecule is CCOC(=O)c1ccc(CN2C(=O)C(=O)/C(=C(/O)c3ccncc3)C2c2ccc(O)cc2)cc1. The molecule has 0 saturated carbocycles. The average molecular weight is 458 g/mol. The number of aromatic hydroxyl groups is 1. The number of phenols is 1. The molecule has 1 aliphatic heterocycles. The number of aromatic nitrogens is 1. The van der Waals surface area contributed by atoms with Crippen LogP contribution in [0.15, 0.2) is 78.6 Å². The Balaban J connectivity index is 1.75. The van der Waals surface area contributed by atoms with Crippen LogP contribution in [0, 0.1) is 0 Å². The molecule has 1 amide bonds. The van der Waals surface area contributed by atoms with Crippen molar-refractivity contribution in [2.45, 2.75) is 19.5 Å². The Morgan fingerprint density at radius 1 is 0.971 bits per heavy atom. The van der Waals surface area contributed by atoms with E-state index < -0.39 is 23.7 Å². The molecule has 0 aliphatic carbocycles. The van der Waals surface area contributed by atoms with Crippen molar-refractivity contribution in [3.8, 4) is 5.75 Å². The lowest BCUT2D eigenvalue weighted by molar-refractivity contribution is -0.140. The average Bonchev–Trinajstić information content (AvgIpc) is 3.10. The summed E-state index contributed by atoms with van der Waals surface area (Å²) >= 11 is 0. The molecule has 3 aromatic rings. The predicted octanol–water partition coefficient (Wildman–Crippen LogP) is 3.59. The number of likely N-dealkylation sites (tertiary alicyclic amines) is 1. The van der Waals surface area contributed by atoms with Crippen molar-refractivity contribution in [2.75, 3.05) is 6.61 Å². The lowest BCUT2D eigenvalue weighted by Gasteiger charge is -2.25. The number of carbonyl (C=O) groups is 3. The number of hydrogen-bond acceptors (Lipinski definition) is 7. The molecule has 172 valence electrons. The number of aliphatic hydroxyl groups is 1. The first-order chi connectivity index (χ1) is 16.4. The topological polar surface area (TPSA) is 117 Å². The molecule has 0 spiro atoms. The minimum absolute atomic E-state index is 0.0318. The smallest absolute Gasteiger partial charge is 0.338 e. The molecule has 1 saturated heterocycles. The number of hydrogen-bond donors (Lipinski definition) is 2. The molecule has 0 bridgehead atoms. The summed E-state index contributed by atoms with van der Waals surface area (Å²) in [5.41, 5.74) is 1.92. The standard InChI is InChI=1S/C26H22N2O6/c1-2-34-26(33)19-5-3-16(4-6-19)15-28-22(17-7-9-20(29)10-8-17)21(24(31)25(28)32)23(30)18-11-13-27-14-12-18/h3-14,22,29-30H,2,15H2,1H3/b23-21+. The Morgan fingerprint density at radius 3 is 2.24 bits per heavy atom. The van der Waals surface area contributed by atoms with Crippen molar-refractivity contribution in [1.82, 2.24) is 9.88 Å². The van der Waals surface area contributed by atoms with Crippen LogP contribution in [0.25, 0.3) is 5.76 Å². The van der Waals surface area contributed by atoms with E-state index in [1.165, 1.54) is 29.4 Å². The van der Waals surface area contributed by atoms with E-state index in [1.54, 1.807) is 55.5 Å². The predicted molar refractivity (Wildman–Crippen MR) is 123 cm³/mol. The van der Waals surface area contributed by atoms with Crippen LogP contribution in [-0.4, -0.2) is 44.4 Å². The maximum atomic E-state index is 13.1. The van der Waals surface area contributed by atoms with Crippen molar-refractivity contribution in [3.63, 3.8) is 0 Å². The Bertz CT molecular complexity index is 1250. The number of amides is 1. The highest BCUT2D eigenvalue weighted by molar-refractivity contribution is 6.46. The molecule has 2 aromatic carbocycles. The van der Waals surface area contributed by atoms with Crippen LogP contribution < -0.4 is 0 Å². The third-order valence-electron chi connectivity index (χ3n) is 5.52. The molecule has 8 heteroatoms. The minimum Gasteiger partial charge on any atom is -0.508 e. The van der Waals surface area contributed by atoms with Crippen LogP contribution in [0.4, 0.5) is 0 Å². The molecule has 34 heavy (non-hydrogen) atoms. The van der Waals surface area contributed by atoms with Crippen LogP contribution in [-0.2, 0) is 20.9 Å². The Kier molecular flexibility index (Phi) is 6.40. The van der Waals surface area contributed by atoms with Gasteiger partial charge in [0.1, 0.15) is 11.5 Å². The number of benzene rings is 2. The number of carbonyl (C=O) groups excluding carboxylic acids is 3. The van der Waals surface area contributed by atoms with Gasteiger partial charge in [-0.05, 0) is 54.4 Å². The van der Waals surface area contributed by atoms with Gasteiger partial charge in [-0.3, -0.25) is 14.6 Å². The second-order valence-electron chi connectivity index (χ2n) is 7.67. The van der Waals surface area contributed by atoms with Crippen molar-refractivity contribution >= 4 is 23.4 Å². The van der Waals surface area contributed by atoms with E-state index in [-0.39, 0.29) is 30.2 Å². The van der Waals surface area contributed by atoms with Gasteiger partial charge in [0.2, 0.25) is 0 Å². The van der Waals surface area contributed by atoms with E-state index >= 15 is 0 Å². The van der Waals surface area contributed by atoms with Crippen molar-refractivity contribution in [1.29, 1.82) is 0 Å². The third kappa shape index (κ3) is 4.38. The van der Waals surface area contributed by atoms with Gasteiger partial charge in [0.15, 0.2) is 0 Å². The van der Waals surface area contributed by atoms with Crippen LogP contribution in [0.3, 0.4) is 0 Å². The Morgan fingerprint density at radius 2 is 1.62 bits per heavy atom. The number of aliphatic hydroxyl groups excluding tert-OH is 1. The van der Waals surface area contributed by atoms with Crippen LogP contribution >= 0.6 is 0 Å². The van der Waals surface area contributed by atoms with Gasteiger partial charge >= 0.3 is 5.97 Å². The van der Waals surface area contributed by atoms with E-state index in [1.807, 2.05) is 0 Å². The summed E-state index contributed by atoms with van der Waals surface area (Å²) in [4.78, 5) is 43.3. The lowest BCUT2D eigenvalue weighted by Crippen LogP contribution is -2.29. The second-order valence-corrected chi connectivity index (χ2v) is 7.67. The molecule has 0 radical (unpaired) electrons. The number of phenolic OH excluding ortho intramolecular Hbond substituents is 1. The van der Waals surface area contributed by atoms with E-state index in [9.17, 15) is 24.6 Å². The number of ketones is 1. The first-order valence-corrected chi connectivity index (χ1v) is 10.6. The maximum Gasteiger partial charge on any atom is 0.338 e. The molecular weight excluding hydrogens is 436 g/mol. The minimum atomic E-state index is -0.876. The molecule has 8 nitrogen and oxygen atoms in total. The summed E-state index contributed by atoms with van der Waals surface area (Å²) in [6.07, 6.45) is 2.96. The monoisotopic (exact) mass is 458 g/mol. The van der Waals surface area contributed by atoms with Gasteiger partial charge in [-0.25, -0.2) is 4.79 Å². The fourth-order valence-corrected chi connectivity index (χ4v) is 3.87. The second kappa shape index (κ2) is 9.58. The lowest BCUT2D eigenvalue weighted by atomic mass is 9.95. The van der Waals surface area contributed by atoms with Crippen LogP contribution in [0.1, 0.15) is 40.0 Å². The first kappa shape index (κ1) is 22.7. The summed E-state index contributed by atoms with van der Waals surface area (Å²) in [6, 6.07) is 14.9. The van der Waals surface area contributed by atoms with Crippen molar-refractivity contribution in [3.05, 3.63) is 101 Å². The molecule has 4 rings (SSSR count).